The predicted molar refractivity (Wildman–Crippen MR) is 110 cm³/mol. The van der Waals surface area contributed by atoms with Gasteiger partial charge >= 0.3 is 0 Å². The second-order valence-corrected chi connectivity index (χ2v) is 7.00. The number of methoxy groups -OCH3 is 1. The van der Waals surface area contributed by atoms with Gasteiger partial charge in [0.25, 0.3) is 0 Å². The Balaban J connectivity index is 1.67. The Hall–Kier alpha value is -2.69. The van der Waals surface area contributed by atoms with Crippen molar-refractivity contribution in [2.24, 2.45) is 0 Å². The maximum absolute atomic E-state index is 12.5. The maximum atomic E-state index is 12.5. The summed E-state index contributed by atoms with van der Waals surface area (Å²) in [5, 5.41) is 11.4. The highest BCUT2D eigenvalue weighted by Crippen LogP contribution is 2.27. The van der Waals surface area contributed by atoms with Gasteiger partial charge in [-0.1, -0.05) is 35.3 Å². The quantitative estimate of drug-likeness (QED) is 0.500. The number of ketones is 1. The Labute approximate surface area is 173 Å². The number of rotatable bonds is 7. The molecule has 0 saturated carbocycles. The van der Waals surface area contributed by atoms with Gasteiger partial charge in [-0.05, 0) is 48.0 Å². The van der Waals surface area contributed by atoms with E-state index in [2.05, 4.69) is 0 Å². The average molecular weight is 417 g/mol. The topological polar surface area (TPSA) is 55.8 Å². The highest BCUT2D eigenvalue weighted by Gasteiger charge is 2.13. The largest absolute Gasteiger partial charge is 0.507 e. The minimum absolute atomic E-state index is 0.131. The Morgan fingerprint density at radius 2 is 1.68 bits per heavy atom. The van der Waals surface area contributed by atoms with Crippen molar-refractivity contribution >= 4 is 29.0 Å². The van der Waals surface area contributed by atoms with E-state index in [4.69, 9.17) is 32.7 Å². The number of Topliss-reactive ketones (excluding diaryl/α,β-unsaturated/α-hetero) is 1. The fraction of sp³-hybridized carbons (Fsp3) is 0.136. The number of carbonyl (C=O) groups is 1. The number of benzene rings is 3. The number of carbonyl (C=O) groups excluding carboxylic acids is 1. The van der Waals surface area contributed by atoms with E-state index < -0.39 is 0 Å². The lowest BCUT2D eigenvalue weighted by molar-refractivity contribution is 0.0990. The first-order chi connectivity index (χ1) is 13.5. The van der Waals surface area contributed by atoms with Crippen LogP contribution in [-0.2, 0) is 13.0 Å². The third kappa shape index (κ3) is 4.97. The van der Waals surface area contributed by atoms with Gasteiger partial charge in [-0.3, -0.25) is 4.79 Å². The van der Waals surface area contributed by atoms with Crippen LogP contribution < -0.4 is 9.47 Å². The minimum atomic E-state index is -0.188. The molecule has 0 spiro atoms. The monoisotopic (exact) mass is 416 g/mol. The highest BCUT2D eigenvalue weighted by atomic mass is 35.5. The molecule has 3 aromatic rings. The molecule has 0 aromatic heterocycles. The molecule has 0 aliphatic heterocycles. The average Bonchev–Trinajstić information content (AvgIpc) is 2.69. The van der Waals surface area contributed by atoms with E-state index >= 15 is 0 Å². The lowest BCUT2D eigenvalue weighted by Gasteiger charge is -2.10. The summed E-state index contributed by atoms with van der Waals surface area (Å²) < 4.78 is 10.8. The van der Waals surface area contributed by atoms with Crippen LogP contribution in [0, 0.1) is 0 Å². The number of phenols is 1. The summed E-state index contributed by atoms with van der Waals surface area (Å²) in [5.41, 5.74) is 1.80. The van der Waals surface area contributed by atoms with Crippen molar-refractivity contribution in [2.45, 2.75) is 13.0 Å². The van der Waals surface area contributed by atoms with Crippen LogP contribution in [0.1, 0.15) is 21.5 Å². The standard InChI is InChI=1S/C22H18Cl2O4/c1-27-17-5-2-14(3-6-17)10-21(25)19-8-7-18(12-22(19)26)28-13-15-11-16(23)4-9-20(15)24/h2-9,11-12,26H,10,13H2,1H3. The SMILES string of the molecule is COc1ccc(CC(=O)c2ccc(OCc3cc(Cl)ccc3Cl)cc2O)cc1. The van der Waals surface area contributed by atoms with Crippen LogP contribution in [0.15, 0.2) is 60.7 Å². The van der Waals surface area contributed by atoms with Crippen LogP contribution in [0.4, 0.5) is 0 Å². The van der Waals surface area contributed by atoms with Crippen molar-refractivity contribution < 1.29 is 19.4 Å². The molecule has 0 aliphatic carbocycles. The van der Waals surface area contributed by atoms with E-state index in [0.29, 0.717) is 15.8 Å². The molecule has 28 heavy (non-hydrogen) atoms. The molecule has 0 bridgehead atoms. The summed E-state index contributed by atoms with van der Waals surface area (Å²) in [6.45, 7) is 0.192. The van der Waals surface area contributed by atoms with Crippen LogP contribution in [0.5, 0.6) is 17.2 Å². The molecule has 0 atom stereocenters. The fourth-order valence-corrected chi connectivity index (χ4v) is 3.04. The van der Waals surface area contributed by atoms with Crippen LogP contribution in [0.2, 0.25) is 10.0 Å². The van der Waals surface area contributed by atoms with Crippen molar-refractivity contribution in [3.63, 3.8) is 0 Å². The highest BCUT2D eigenvalue weighted by molar-refractivity contribution is 6.33. The Morgan fingerprint density at radius 3 is 2.36 bits per heavy atom. The van der Waals surface area contributed by atoms with Gasteiger partial charge < -0.3 is 14.6 Å². The van der Waals surface area contributed by atoms with E-state index in [1.165, 1.54) is 6.07 Å². The number of halogens is 2. The number of phenolic OH excluding ortho intramolecular Hbond substituents is 1. The van der Waals surface area contributed by atoms with Crippen LogP contribution in [-0.4, -0.2) is 18.0 Å². The van der Waals surface area contributed by atoms with Crippen molar-refractivity contribution in [1.29, 1.82) is 0 Å². The first-order valence-corrected chi connectivity index (χ1v) is 9.27. The second kappa shape index (κ2) is 9.00. The molecule has 0 amide bonds. The number of ether oxygens (including phenoxy) is 2. The van der Waals surface area contributed by atoms with Gasteiger partial charge in [0.2, 0.25) is 0 Å². The molecular weight excluding hydrogens is 399 g/mol. The molecule has 0 radical (unpaired) electrons. The summed E-state index contributed by atoms with van der Waals surface area (Å²) in [6, 6.07) is 16.9. The van der Waals surface area contributed by atoms with Crippen LogP contribution in [0.25, 0.3) is 0 Å². The molecule has 0 heterocycles. The van der Waals surface area contributed by atoms with Gasteiger partial charge in [-0.2, -0.15) is 0 Å². The molecule has 0 unspecified atom stereocenters. The van der Waals surface area contributed by atoms with Crippen LogP contribution in [0.3, 0.4) is 0 Å². The third-order valence-corrected chi connectivity index (χ3v) is 4.80. The maximum Gasteiger partial charge on any atom is 0.170 e. The first-order valence-electron chi connectivity index (χ1n) is 8.52. The molecule has 0 fully saturated rings. The summed E-state index contributed by atoms with van der Waals surface area (Å²) in [6.07, 6.45) is 0.176. The van der Waals surface area contributed by atoms with Crippen molar-refractivity contribution in [3.05, 3.63) is 87.4 Å². The van der Waals surface area contributed by atoms with Crippen LogP contribution >= 0.6 is 23.2 Å². The molecule has 0 aliphatic rings. The first kappa shape index (κ1) is 20.1. The normalized spacial score (nSPS) is 10.5. The van der Waals surface area contributed by atoms with E-state index in [1.807, 2.05) is 12.1 Å². The zero-order chi connectivity index (χ0) is 20.1. The summed E-state index contributed by atoms with van der Waals surface area (Å²) >= 11 is 12.1. The number of hydrogen-bond donors (Lipinski definition) is 1. The van der Waals surface area contributed by atoms with Gasteiger partial charge in [-0.15, -0.1) is 0 Å². The van der Waals surface area contributed by atoms with Gasteiger partial charge in [0.05, 0.1) is 12.7 Å². The lowest BCUT2D eigenvalue weighted by atomic mass is 10.0. The molecule has 0 saturated heterocycles. The van der Waals surface area contributed by atoms with Gasteiger partial charge in [-0.25, -0.2) is 0 Å². The molecule has 1 N–H and O–H groups in total. The summed E-state index contributed by atoms with van der Waals surface area (Å²) in [7, 11) is 1.59. The number of aromatic hydroxyl groups is 1. The zero-order valence-electron chi connectivity index (χ0n) is 15.1. The van der Waals surface area contributed by atoms with Crippen molar-refractivity contribution in [2.75, 3.05) is 7.11 Å². The van der Waals surface area contributed by atoms with E-state index in [9.17, 15) is 9.90 Å². The summed E-state index contributed by atoms with van der Waals surface area (Å²) in [4.78, 5) is 12.5. The summed E-state index contributed by atoms with van der Waals surface area (Å²) in [5.74, 6) is 0.829. The molecule has 6 heteroatoms. The Bertz CT molecular complexity index is 984. The molecule has 3 aromatic carbocycles. The van der Waals surface area contributed by atoms with Gasteiger partial charge in [0, 0.05) is 28.1 Å². The van der Waals surface area contributed by atoms with E-state index in [1.54, 1.807) is 49.6 Å². The smallest absolute Gasteiger partial charge is 0.170 e. The van der Waals surface area contributed by atoms with Gasteiger partial charge in [0.1, 0.15) is 23.9 Å². The third-order valence-electron chi connectivity index (χ3n) is 4.20. The van der Waals surface area contributed by atoms with Gasteiger partial charge in [0.15, 0.2) is 5.78 Å². The molecular formula is C22H18Cl2O4. The van der Waals surface area contributed by atoms with Crippen molar-refractivity contribution in [1.82, 2.24) is 0 Å². The molecule has 4 nitrogen and oxygen atoms in total. The zero-order valence-corrected chi connectivity index (χ0v) is 16.6. The lowest BCUT2D eigenvalue weighted by Crippen LogP contribution is -2.04. The molecule has 144 valence electrons. The second-order valence-electron chi connectivity index (χ2n) is 6.15. The minimum Gasteiger partial charge on any atom is -0.507 e. The van der Waals surface area contributed by atoms with E-state index in [-0.39, 0.29) is 30.1 Å². The Morgan fingerprint density at radius 1 is 0.964 bits per heavy atom. The predicted octanol–water partition coefficient (Wildman–Crippen LogP) is 5.71. The fourth-order valence-electron chi connectivity index (χ4n) is 2.68. The molecule has 3 rings (SSSR count). The van der Waals surface area contributed by atoms with E-state index in [0.717, 1.165) is 16.9 Å². The Kier molecular flexibility index (Phi) is 6.45. The van der Waals surface area contributed by atoms with Crippen molar-refractivity contribution in [3.8, 4) is 17.2 Å². The number of hydrogen-bond acceptors (Lipinski definition) is 4.